The molecular formula is C20H34N2O3S. The number of hydrogen-bond donors (Lipinski definition) is 1. The van der Waals surface area contributed by atoms with Crippen LogP contribution in [-0.2, 0) is 14.8 Å². The molecule has 1 atom stereocenters. The van der Waals surface area contributed by atoms with Gasteiger partial charge in [-0.2, -0.15) is 0 Å². The summed E-state index contributed by atoms with van der Waals surface area (Å²) in [4.78, 5) is 12.8. The molecule has 148 valence electrons. The fourth-order valence-corrected chi connectivity index (χ4v) is 4.65. The van der Waals surface area contributed by atoms with Crippen LogP contribution in [0.1, 0.15) is 59.1 Å². The van der Waals surface area contributed by atoms with Crippen molar-refractivity contribution in [1.29, 1.82) is 0 Å². The molecule has 0 fully saturated rings. The van der Waals surface area contributed by atoms with E-state index in [9.17, 15) is 13.2 Å². The SMILES string of the molecule is Cc1ccc(N(C(C)C(=O)NC(C)(C)CC(C)(C)C)S(C)(=O)=O)cc1C. The Balaban J connectivity index is 3.16. The van der Waals surface area contributed by atoms with Gasteiger partial charge in [-0.05, 0) is 69.7 Å². The maximum Gasteiger partial charge on any atom is 0.244 e. The highest BCUT2D eigenvalue weighted by molar-refractivity contribution is 7.92. The van der Waals surface area contributed by atoms with E-state index in [0.717, 1.165) is 23.8 Å². The zero-order valence-corrected chi connectivity index (χ0v) is 18.4. The van der Waals surface area contributed by atoms with Crippen molar-refractivity contribution < 1.29 is 13.2 Å². The summed E-state index contributed by atoms with van der Waals surface area (Å²) in [7, 11) is -3.61. The molecular weight excluding hydrogens is 348 g/mol. The Hall–Kier alpha value is -1.56. The van der Waals surface area contributed by atoms with Gasteiger partial charge in [0.1, 0.15) is 6.04 Å². The third-order valence-corrected chi connectivity index (χ3v) is 5.51. The predicted molar refractivity (Wildman–Crippen MR) is 109 cm³/mol. The molecule has 0 bridgehead atoms. The molecule has 0 aliphatic rings. The van der Waals surface area contributed by atoms with Gasteiger partial charge in [-0.1, -0.05) is 26.8 Å². The second kappa shape index (κ2) is 7.59. The van der Waals surface area contributed by atoms with Gasteiger partial charge in [0, 0.05) is 5.54 Å². The fraction of sp³-hybridized carbons (Fsp3) is 0.650. The molecule has 0 heterocycles. The largest absolute Gasteiger partial charge is 0.349 e. The van der Waals surface area contributed by atoms with Crippen LogP contribution in [0.2, 0.25) is 0 Å². The standard InChI is InChI=1S/C20H34N2O3S/c1-14-10-11-17(12-15(14)2)22(26(9,24)25)16(3)18(23)21-20(7,8)13-19(4,5)6/h10-12,16H,13H2,1-9H3,(H,21,23). The average molecular weight is 383 g/mol. The Bertz CT molecular complexity index is 762. The Morgan fingerprint density at radius 1 is 1.12 bits per heavy atom. The summed E-state index contributed by atoms with van der Waals surface area (Å²) in [5.74, 6) is -0.303. The van der Waals surface area contributed by atoms with Crippen LogP contribution in [0, 0.1) is 19.3 Å². The Morgan fingerprint density at radius 2 is 1.65 bits per heavy atom. The minimum absolute atomic E-state index is 0.0462. The molecule has 5 nitrogen and oxygen atoms in total. The van der Waals surface area contributed by atoms with Gasteiger partial charge in [0.05, 0.1) is 11.9 Å². The first-order valence-electron chi connectivity index (χ1n) is 8.92. The molecule has 1 amide bonds. The second-order valence-electron chi connectivity index (χ2n) is 9.11. The molecule has 0 aliphatic carbocycles. The van der Waals surface area contributed by atoms with E-state index in [1.807, 2.05) is 33.8 Å². The van der Waals surface area contributed by atoms with Crippen LogP contribution in [-0.4, -0.2) is 32.2 Å². The number of amides is 1. The number of rotatable bonds is 6. The summed E-state index contributed by atoms with van der Waals surface area (Å²) in [6.45, 7) is 15.8. The average Bonchev–Trinajstić information content (AvgIpc) is 2.37. The molecule has 0 saturated carbocycles. The number of nitrogens with zero attached hydrogens (tertiary/aromatic N) is 1. The summed E-state index contributed by atoms with van der Waals surface area (Å²) in [5.41, 5.74) is 2.18. The number of nitrogens with one attached hydrogen (secondary N) is 1. The maximum atomic E-state index is 12.8. The number of carbonyl (C=O) groups excluding carboxylic acids is 1. The van der Waals surface area contributed by atoms with E-state index < -0.39 is 21.6 Å². The molecule has 1 aromatic carbocycles. The van der Waals surface area contributed by atoms with Crippen LogP contribution in [0.3, 0.4) is 0 Å². The minimum Gasteiger partial charge on any atom is -0.349 e. The summed E-state index contributed by atoms with van der Waals surface area (Å²) in [6, 6.07) is 4.58. The van der Waals surface area contributed by atoms with E-state index >= 15 is 0 Å². The highest BCUT2D eigenvalue weighted by Gasteiger charge is 2.33. The van der Waals surface area contributed by atoms with Crippen LogP contribution >= 0.6 is 0 Å². The van der Waals surface area contributed by atoms with Crippen molar-refractivity contribution in [3.05, 3.63) is 29.3 Å². The van der Waals surface area contributed by atoms with Crippen LogP contribution in [0.15, 0.2) is 18.2 Å². The number of aryl methyl sites for hydroxylation is 2. The number of carbonyl (C=O) groups is 1. The Kier molecular flexibility index (Phi) is 6.56. The molecule has 1 rings (SSSR count). The molecule has 0 radical (unpaired) electrons. The normalized spacial score (nSPS) is 14.0. The van der Waals surface area contributed by atoms with E-state index in [1.165, 1.54) is 4.31 Å². The Morgan fingerprint density at radius 3 is 2.08 bits per heavy atom. The molecule has 26 heavy (non-hydrogen) atoms. The van der Waals surface area contributed by atoms with Crippen molar-refractivity contribution >= 4 is 21.6 Å². The highest BCUT2D eigenvalue weighted by atomic mass is 32.2. The summed E-state index contributed by atoms with van der Waals surface area (Å²) in [6.07, 6.45) is 1.91. The number of anilines is 1. The summed E-state index contributed by atoms with van der Waals surface area (Å²) < 4.78 is 26.0. The van der Waals surface area contributed by atoms with Gasteiger partial charge in [0.2, 0.25) is 15.9 Å². The highest BCUT2D eigenvalue weighted by Crippen LogP contribution is 2.28. The van der Waals surface area contributed by atoms with Gasteiger partial charge in [-0.15, -0.1) is 0 Å². The van der Waals surface area contributed by atoms with Gasteiger partial charge < -0.3 is 5.32 Å². The van der Waals surface area contributed by atoms with Gasteiger partial charge in [-0.25, -0.2) is 8.42 Å². The molecule has 1 unspecified atom stereocenters. The van der Waals surface area contributed by atoms with Crippen molar-refractivity contribution in [2.24, 2.45) is 5.41 Å². The second-order valence-corrected chi connectivity index (χ2v) is 11.0. The molecule has 6 heteroatoms. The molecule has 0 aliphatic heterocycles. The van der Waals surface area contributed by atoms with Crippen LogP contribution in [0.5, 0.6) is 0 Å². The number of sulfonamides is 1. The third-order valence-electron chi connectivity index (χ3n) is 4.27. The third kappa shape index (κ3) is 6.31. The quantitative estimate of drug-likeness (QED) is 0.814. The number of benzene rings is 1. The van der Waals surface area contributed by atoms with E-state index in [1.54, 1.807) is 19.1 Å². The maximum absolute atomic E-state index is 12.8. The fourth-order valence-electron chi connectivity index (χ4n) is 3.48. The topological polar surface area (TPSA) is 66.5 Å². The van der Waals surface area contributed by atoms with Crippen LogP contribution in [0.25, 0.3) is 0 Å². The van der Waals surface area contributed by atoms with Crippen LogP contribution in [0.4, 0.5) is 5.69 Å². The lowest BCUT2D eigenvalue weighted by Gasteiger charge is -2.36. The zero-order chi connectivity index (χ0) is 20.5. The lowest BCUT2D eigenvalue weighted by molar-refractivity contribution is -0.123. The van der Waals surface area contributed by atoms with E-state index in [0.29, 0.717) is 5.69 Å². The lowest BCUT2D eigenvalue weighted by Crippen LogP contribution is -2.54. The molecule has 0 aromatic heterocycles. The molecule has 0 spiro atoms. The van der Waals surface area contributed by atoms with Crippen molar-refractivity contribution in [2.45, 2.75) is 73.4 Å². The Labute approximate surface area is 159 Å². The molecule has 0 saturated heterocycles. The van der Waals surface area contributed by atoms with Gasteiger partial charge in [-0.3, -0.25) is 9.10 Å². The van der Waals surface area contributed by atoms with Gasteiger partial charge in [0.15, 0.2) is 0 Å². The van der Waals surface area contributed by atoms with Gasteiger partial charge >= 0.3 is 0 Å². The first-order valence-corrected chi connectivity index (χ1v) is 10.8. The van der Waals surface area contributed by atoms with Crippen molar-refractivity contribution in [1.82, 2.24) is 5.32 Å². The van der Waals surface area contributed by atoms with Gasteiger partial charge in [0.25, 0.3) is 0 Å². The zero-order valence-electron chi connectivity index (χ0n) is 17.6. The first-order chi connectivity index (χ1) is 11.5. The minimum atomic E-state index is -3.61. The van der Waals surface area contributed by atoms with E-state index in [2.05, 4.69) is 26.1 Å². The van der Waals surface area contributed by atoms with Crippen molar-refractivity contribution in [3.8, 4) is 0 Å². The van der Waals surface area contributed by atoms with Crippen molar-refractivity contribution in [3.63, 3.8) is 0 Å². The summed E-state index contributed by atoms with van der Waals surface area (Å²) in [5, 5.41) is 3.02. The molecule has 1 N–H and O–H groups in total. The summed E-state index contributed by atoms with van der Waals surface area (Å²) >= 11 is 0. The predicted octanol–water partition coefficient (Wildman–Crippen LogP) is 3.79. The first kappa shape index (κ1) is 22.5. The lowest BCUT2D eigenvalue weighted by atomic mass is 9.81. The molecule has 1 aromatic rings. The van der Waals surface area contributed by atoms with E-state index in [-0.39, 0.29) is 11.3 Å². The van der Waals surface area contributed by atoms with Crippen LogP contribution < -0.4 is 9.62 Å². The smallest absolute Gasteiger partial charge is 0.244 e. The van der Waals surface area contributed by atoms with E-state index in [4.69, 9.17) is 0 Å². The monoisotopic (exact) mass is 382 g/mol. The van der Waals surface area contributed by atoms with Crippen molar-refractivity contribution in [2.75, 3.05) is 10.6 Å². The number of hydrogen-bond acceptors (Lipinski definition) is 3.